The highest BCUT2D eigenvalue weighted by molar-refractivity contribution is 5.86. The average Bonchev–Trinajstić information content (AvgIpc) is 2.44. The van der Waals surface area contributed by atoms with Gasteiger partial charge in [0, 0.05) is 6.54 Å². The van der Waals surface area contributed by atoms with Crippen molar-refractivity contribution in [1.82, 2.24) is 10.6 Å². The van der Waals surface area contributed by atoms with Gasteiger partial charge in [-0.1, -0.05) is 12.1 Å². The van der Waals surface area contributed by atoms with Crippen molar-refractivity contribution < 1.29 is 24.6 Å². The van der Waals surface area contributed by atoms with E-state index in [2.05, 4.69) is 10.6 Å². The second-order valence-electron chi connectivity index (χ2n) is 4.13. The summed E-state index contributed by atoms with van der Waals surface area (Å²) in [5, 5.41) is 30.5. The molecule has 8 nitrogen and oxygen atoms in total. The van der Waals surface area contributed by atoms with Crippen LogP contribution < -0.4 is 10.6 Å². The lowest BCUT2D eigenvalue weighted by Gasteiger charge is -2.13. The van der Waals surface area contributed by atoms with Crippen LogP contribution in [-0.2, 0) is 16.1 Å². The molecule has 0 radical (unpaired) electrons. The number of carbonyl (C=O) groups excluding carboxylic acids is 1. The number of amides is 2. The fraction of sp³-hybridized carbons (Fsp3) is 0.231. The van der Waals surface area contributed by atoms with E-state index in [9.17, 15) is 14.4 Å². The Balaban J connectivity index is 2.54. The molecule has 0 aliphatic rings. The summed E-state index contributed by atoms with van der Waals surface area (Å²) in [6.07, 6.45) is -0.716. The van der Waals surface area contributed by atoms with Gasteiger partial charge in [0.25, 0.3) is 0 Å². The molecule has 0 fully saturated rings. The molecule has 1 aromatic rings. The summed E-state index contributed by atoms with van der Waals surface area (Å²) in [7, 11) is 0. The van der Waals surface area contributed by atoms with E-state index in [0.29, 0.717) is 11.1 Å². The molecule has 1 aromatic carbocycles. The molecule has 0 unspecified atom stereocenters. The van der Waals surface area contributed by atoms with Gasteiger partial charge in [0.2, 0.25) is 0 Å². The van der Waals surface area contributed by atoms with Gasteiger partial charge in [0.05, 0.1) is 18.1 Å². The van der Waals surface area contributed by atoms with E-state index in [1.807, 2.05) is 6.07 Å². The minimum atomic E-state index is -1.51. The van der Waals surface area contributed by atoms with Crippen LogP contribution in [0.1, 0.15) is 17.5 Å². The van der Waals surface area contributed by atoms with E-state index in [1.54, 1.807) is 24.3 Å². The van der Waals surface area contributed by atoms with E-state index in [1.165, 1.54) is 0 Å². The van der Waals surface area contributed by atoms with Gasteiger partial charge in [-0.15, -0.1) is 0 Å². The Bertz CT molecular complexity index is 594. The Morgan fingerprint density at radius 1 is 1.29 bits per heavy atom. The molecule has 0 aliphatic heterocycles. The molecule has 0 saturated heterocycles. The molecule has 0 saturated carbocycles. The van der Waals surface area contributed by atoms with E-state index in [-0.39, 0.29) is 6.54 Å². The first-order chi connectivity index (χ1) is 9.92. The van der Waals surface area contributed by atoms with Crippen molar-refractivity contribution >= 4 is 18.0 Å². The van der Waals surface area contributed by atoms with Crippen molar-refractivity contribution in [2.45, 2.75) is 19.0 Å². The summed E-state index contributed by atoms with van der Waals surface area (Å²) in [5.74, 6) is -2.76. The summed E-state index contributed by atoms with van der Waals surface area (Å²) < 4.78 is 0. The molecule has 0 aliphatic carbocycles. The first kappa shape index (κ1) is 16.0. The van der Waals surface area contributed by atoms with Crippen molar-refractivity contribution in [2.75, 3.05) is 0 Å². The van der Waals surface area contributed by atoms with E-state index < -0.39 is 30.4 Å². The Kier molecular flexibility index (Phi) is 5.70. The Morgan fingerprint density at radius 2 is 2.00 bits per heavy atom. The van der Waals surface area contributed by atoms with Crippen LogP contribution in [0.4, 0.5) is 4.79 Å². The molecular weight excluding hydrogens is 278 g/mol. The number of rotatable bonds is 6. The number of hydrogen-bond donors (Lipinski definition) is 4. The molecular formula is C13H13N3O5. The van der Waals surface area contributed by atoms with Crippen LogP contribution in [0.3, 0.4) is 0 Å². The molecule has 2 amide bonds. The van der Waals surface area contributed by atoms with Gasteiger partial charge in [0.1, 0.15) is 6.04 Å². The average molecular weight is 291 g/mol. The normalized spacial score (nSPS) is 11.0. The van der Waals surface area contributed by atoms with Crippen molar-refractivity contribution in [3.63, 3.8) is 0 Å². The molecule has 1 rings (SSSR count). The maximum atomic E-state index is 11.5. The van der Waals surface area contributed by atoms with E-state index in [4.69, 9.17) is 15.5 Å². The van der Waals surface area contributed by atoms with Gasteiger partial charge < -0.3 is 20.8 Å². The Hall–Kier alpha value is -3.08. The predicted molar refractivity (Wildman–Crippen MR) is 70.2 cm³/mol. The molecule has 0 heterocycles. The smallest absolute Gasteiger partial charge is 0.326 e. The SMILES string of the molecule is N#Cc1cccc(CNC(=O)N[C@H](CC(=O)O)C(=O)O)c1. The molecule has 21 heavy (non-hydrogen) atoms. The summed E-state index contributed by atoms with van der Waals surface area (Å²) in [6.45, 7) is 0.0841. The molecule has 1 atom stereocenters. The molecule has 0 aromatic heterocycles. The van der Waals surface area contributed by atoms with Gasteiger partial charge >= 0.3 is 18.0 Å². The zero-order chi connectivity index (χ0) is 15.8. The highest BCUT2D eigenvalue weighted by Crippen LogP contribution is 2.03. The van der Waals surface area contributed by atoms with Crippen molar-refractivity contribution in [1.29, 1.82) is 5.26 Å². The molecule has 4 N–H and O–H groups in total. The fourth-order valence-electron chi connectivity index (χ4n) is 1.52. The van der Waals surface area contributed by atoms with Crippen LogP contribution in [0.25, 0.3) is 0 Å². The first-order valence-corrected chi connectivity index (χ1v) is 5.90. The third kappa shape index (κ3) is 5.61. The minimum Gasteiger partial charge on any atom is -0.481 e. The molecule has 0 bridgehead atoms. The van der Waals surface area contributed by atoms with E-state index >= 15 is 0 Å². The lowest BCUT2D eigenvalue weighted by atomic mass is 10.1. The summed E-state index contributed by atoms with van der Waals surface area (Å²) in [5.41, 5.74) is 1.10. The number of nitrogens with one attached hydrogen (secondary N) is 2. The summed E-state index contributed by atoms with van der Waals surface area (Å²) >= 11 is 0. The standard InChI is InChI=1S/C13H13N3O5/c14-6-8-2-1-3-9(4-8)7-15-13(21)16-10(12(19)20)5-11(17)18/h1-4,10H,5,7H2,(H,17,18)(H,19,20)(H2,15,16,21)/t10-/m1/s1. The fourth-order valence-corrected chi connectivity index (χ4v) is 1.52. The lowest BCUT2D eigenvalue weighted by Crippen LogP contribution is -2.46. The third-order valence-electron chi connectivity index (χ3n) is 2.49. The number of nitriles is 1. The number of carboxylic acids is 2. The number of carbonyl (C=O) groups is 3. The second-order valence-corrected chi connectivity index (χ2v) is 4.13. The van der Waals surface area contributed by atoms with Gasteiger partial charge in [-0.3, -0.25) is 4.79 Å². The number of urea groups is 1. The van der Waals surface area contributed by atoms with Crippen LogP contribution in [0, 0.1) is 11.3 Å². The predicted octanol–water partition coefficient (Wildman–Crippen LogP) is 0.285. The Morgan fingerprint density at radius 3 is 2.57 bits per heavy atom. The monoisotopic (exact) mass is 291 g/mol. The number of carboxylic acid groups (broad SMARTS) is 2. The van der Waals surface area contributed by atoms with Crippen LogP contribution in [0.15, 0.2) is 24.3 Å². The molecule has 110 valence electrons. The van der Waals surface area contributed by atoms with Gasteiger partial charge in [-0.2, -0.15) is 5.26 Å². The largest absolute Gasteiger partial charge is 0.481 e. The summed E-state index contributed by atoms with van der Waals surface area (Å²) in [4.78, 5) is 32.8. The third-order valence-corrected chi connectivity index (χ3v) is 2.49. The zero-order valence-corrected chi connectivity index (χ0v) is 10.9. The lowest BCUT2D eigenvalue weighted by molar-refractivity contribution is -0.145. The van der Waals surface area contributed by atoms with Crippen molar-refractivity contribution in [2.24, 2.45) is 0 Å². The van der Waals surface area contributed by atoms with Crippen LogP contribution in [0.5, 0.6) is 0 Å². The maximum absolute atomic E-state index is 11.5. The van der Waals surface area contributed by atoms with Crippen LogP contribution >= 0.6 is 0 Å². The van der Waals surface area contributed by atoms with Gasteiger partial charge in [-0.25, -0.2) is 9.59 Å². The van der Waals surface area contributed by atoms with Crippen LogP contribution in [0.2, 0.25) is 0 Å². The molecule has 0 spiro atoms. The summed E-state index contributed by atoms with van der Waals surface area (Å²) in [6, 6.07) is 6.17. The zero-order valence-electron chi connectivity index (χ0n) is 10.9. The Labute approximate surface area is 120 Å². The van der Waals surface area contributed by atoms with Crippen molar-refractivity contribution in [3.8, 4) is 6.07 Å². The highest BCUT2D eigenvalue weighted by atomic mass is 16.4. The maximum Gasteiger partial charge on any atom is 0.326 e. The number of aliphatic carboxylic acids is 2. The van der Waals surface area contributed by atoms with Gasteiger partial charge in [0.15, 0.2) is 0 Å². The number of hydrogen-bond acceptors (Lipinski definition) is 4. The molecule has 8 heteroatoms. The topological polar surface area (TPSA) is 140 Å². The van der Waals surface area contributed by atoms with Gasteiger partial charge in [-0.05, 0) is 17.7 Å². The van der Waals surface area contributed by atoms with E-state index in [0.717, 1.165) is 0 Å². The minimum absolute atomic E-state index is 0.0841. The number of benzene rings is 1. The highest BCUT2D eigenvalue weighted by Gasteiger charge is 2.22. The quantitative estimate of drug-likeness (QED) is 0.593. The van der Waals surface area contributed by atoms with Crippen LogP contribution in [-0.4, -0.2) is 34.2 Å². The number of nitrogens with zero attached hydrogens (tertiary/aromatic N) is 1. The first-order valence-electron chi connectivity index (χ1n) is 5.90. The second kappa shape index (κ2) is 7.49. The van der Waals surface area contributed by atoms with Crippen molar-refractivity contribution in [3.05, 3.63) is 35.4 Å².